The van der Waals surface area contributed by atoms with Gasteiger partial charge in [0.15, 0.2) is 0 Å². The molecule has 0 aliphatic rings. The van der Waals surface area contributed by atoms with E-state index >= 15 is 0 Å². The molecule has 0 spiro atoms. The summed E-state index contributed by atoms with van der Waals surface area (Å²) in [6.07, 6.45) is 4.78. The van der Waals surface area contributed by atoms with Crippen LogP contribution in [0.5, 0.6) is 0 Å². The summed E-state index contributed by atoms with van der Waals surface area (Å²) >= 11 is 5.64. The summed E-state index contributed by atoms with van der Waals surface area (Å²) in [6, 6.07) is 0.121. The van der Waals surface area contributed by atoms with Gasteiger partial charge in [-0.25, -0.2) is 9.97 Å². The van der Waals surface area contributed by atoms with Crippen LogP contribution in [0.25, 0.3) is 0 Å². The molecule has 6 heteroatoms. The van der Waals surface area contributed by atoms with Gasteiger partial charge in [0, 0.05) is 6.04 Å². The van der Waals surface area contributed by atoms with Crippen molar-refractivity contribution in [2.75, 3.05) is 19.6 Å². The van der Waals surface area contributed by atoms with E-state index < -0.39 is 0 Å². The average molecular weight is 299 g/mol. The molecule has 5 nitrogen and oxygen atoms in total. The van der Waals surface area contributed by atoms with Gasteiger partial charge in [0.25, 0.3) is 5.91 Å². The van der Waals surface area contributed by atoms with Crippen LogP contribution in [0.4, 0.5) is 0 Å². The maximum absolute atomic E-state index is 11.9. The number of aromatic nitrogens is 2. The number of nitrogens with zero attached hydrogens (tertiary/aromatic N) is 3. The predicted octanol–water partition coefficient (Wildman–Crippen LogP) is 2.37. The Bertz CT molecular complexity index is 406. The second-order valence-electron chi connectivity index (χ2n) is 4.77. The van der Waals surface area contributed by atoms with Gasteiger partial charge in [-0.05, 0) is 39.4 Å². The summed E-state index contributed by atoms with van der Waals surface area (Å²) in [6.45, 7) is 9.52. The highest BCUT2D eigenvalue weighted by Gasteiger charge is 2.11. The van der Waals surface area contributed by atoms with Crippen LogP contribution >= 0.6 is 11.6 Å². The van der Waals surface area contributed by atoms with Crippen LogP contribution in [0.2, 0.25) is 5.15 Å². The minimum Gasteiger partial charge on any atom is -0.348 e. The third kappa shape index (κ3) is 5.84. The van der Waals surface area contributed by atoms with Crippen molar-refractivity contribution in [2.45, 2.75) is 39.7 Å². The summed E-state index contributed by atoms with van der Waals surface area (Å²) in [5, 5.41) is 3.21. The van der Waals surface area contributed by atoms with Crippen LogP contribution in [-0.2, 0) is 0 Å². The maximum Gasteiger partial charge on any atom is 0.271 e. The van der Waals surface area contributed by atoms with Gasteiger partial charge in [0.1, 0.15) is 10.8 Å². The Kier molecular flexibility index (Phi) is 7.47. The number of rotatable bonds is 8. The molecule has 1 aromatic rings. The molecule has 1 atom stereocenters. The first kappa shape index (κ1) is 16.9. The third-order valence-corrected chi connectivity index (χ3v) is 3.43. The fourth-order valence-electron chi connectivity index (χ4n) is 1.96. The van der Waals surface area contributed by atoms with Gasteiger partial charge in [-0.15, -0.1) is 0 Å². The van der Waals surface area contributed by atoms with Gasteiger partial charge in [0.05, 0.1) is 12.4 Å². The molecule has 1 amide bonds. The second kappa shape index (κ2) is 8.87. The standard InChI is InChI=1S/C14H23ClN4O/c1-4-19(5-2)8-6-7-11(3)18-14(20)12-9-17-13(15)10-16-12/h9-11H,4-8H2,1-3H3,(H,18,20). The van der Waals surface area contributed by atoms with Gasteiger partial charge >= 0.3 is 0 Å². The molecular weight excluding hydrogens is 276 g/mol. The zero-order valence-corrected chi connectivity index (χ0v) is 13.2. The Morgan fingerprint density at radius 1 is 1.35 bits per heavy atom. The van der Waals surface area contributed by atoms with E-state index in [1.165, 1.54) is 12.4 Å². The Labute approximate surface area is 125 Å². The van der Waals surface area contributed by atoms with Crippen LogP contribution in [-0.4, -0.2) is 46.5 Å². The van der Waals surface area contributed by atoms with E-state index in [-0.39, 0.29) is 17.1 Å². The van der Waals surface area contributed by atoms with Gasteiger partial charge in [0.2, 0.25) is 0 Å². The fourth-order valence-corrected chi connectivity index (χ4v) is 2.06. The number of nitrogens with one attached hydrogen (secondary N) is 1. The highest BCUT2D eigenvalue weighted by atomic mass is 35.5. The first-order valence-electron chi connectivity index (χ1n) is 7.07. The normalized spacial score (nSPS) is 12.4. The Morgan fingerprint density at radius 3 is 2.60 bits per heavy atom. The molecule has 112 valence electrons. The first-order valence-corrected chi connectivity index (χ1v) is 7.45. The lowest BCUT2D eigenvalue weighted by atomic mass is 10.1. The Hall–Kier alpha value is -1.20. The lowest BCUT2D eigenvalue weighted by Gasteiger charge is -2.19. The summed E-state index contributed by atoms with van der Waals surface area (Å²) in [5.41, 5.74) is 0.296. The quantitative estimate of drug-likeness (QED) is 0.800. The van der Waals surface area contributed by atoms with Crippen LogP contribution in [0.15, 0.2) is 12.4 Å². The molecule has 0 aliphatic heterocycles. The van der Waals surface area contributed by atoms with Crippen molar-refractivity contribution in [3.63, 3.8) is 0 Å². The van der Waals surface area contributed by atoms with E-state index in [1.807, 2.05) is 6.92 Å². The van der Waals surface area contributed by atoms with Crippen molar-refractivity contribution in [1.29, 1.82) is 0 Å². The van der Waals surface area contributed by atoms with Gasteiger partial charge < -0.3 is 10.2 Å². The fraction of sp³-hybridized carbons (Fsp3) is 0.643. The van der Waals surface area contributed by atoms with Crippen LogP contribution in [0, 0.1) is 0 Å². The minimum atomic E-state index is -0.204. The molecule has 0 bridgehead atoms. The molecule has 0 fully saturated rings. The lowest BCUT2D eigenvalue weighted by molar-refractivity contribution is 0.0932. The molecule has 0 radical (unpaired) electrons. The molecule has 0 saturated carbocycles. The van der Waals surface area contributed by atoms with Crippen molar-refractivity contribution in [1.82, 2.24) is 20.2 Å². The van der Waals surface area contributed by atoms with E-state index in [0.717, 1.165) is 32.5 Å². The van der Waals surface area contributed by atoms with Crippen molar-refractivity contribution in [3.05, 3.63) is 23.2 Å². The van der Waals surface area contributed by atoms with Gasteiger partial charge in [-0.3, -0.25) is 4.79 Å². The van der Waals surface area contributed by atoms with E-state index in [2.05, 4.69) is 34.0 Å². The van der Waals surface area contributed by atoms with Crippen molar-refractivity contribution in [3.8, 4) is 0 Å². The van der Waals surface area contributed by atoms with Gasteiger partial charge in [-0.2, -0.15) is 0 Å². The van der Waals surface area contributed by atoms with Crippen molar-refractivity contribution < 1.29 is 4.79 Å². The number of halogens is 1. The van der Waals surface area contributed by atoms with E-state index in [1.54, 1.807) is 0 Å². The molecule has 0 saturated heterocycles. The third-order valence-electron chi connectivity index (χ3n) is 3.24. The smallest absolute Gasteiger partial charge is 0.271 e. The highest BCUT2D eigenvalue weighted by Crippen LogP contribution is 2.03. The Morgan fingerprint density at radius 2 is 2.05 bits per heavy atom. The van der Waals surface area contributed by atoms with Crippen LogP contribution in [0.3, 0.4) is 0 Å². The number of carbonyl (C=O) groups is 1. The minimum absolute atomic E-state index is 0.121. The number of hydrogen-bond acceptors (Lipinski definition) is 4. The Balaban J connectivity index is 2.33. The molecule has 0 aromatic carbocycles. The predicted molar refractivity (Wildman–Crippen MR) is 81.0 cm³/mol. The SMILES string of the molecule is CCN(CC)CCCC(C)NC(=O)c1cnc(Cl)cn1. The van der Waals surface area contributed by atoms with E-state index in [0.29, 0.717) is 5.69 Å². The van der Waals surface area contributed by atoms with Gasteiger partial charge in [-0.1, -0.05) is 25.4 Å². The first-order chi connectivity index (χ1) is 9.56. The van der Waals surface area contributed by atoms with Crippen molar-refractivity contribution in [2.24, 2.45) is 0 Å². The molecule has 1 heterocycles. The molecule has 0 aliphatic carbocycles. The molecule has 1 unspecified atom stereocenters. The van der Waals surface area contributed by atoms with E-state index in [9.17, 15) is 4.79 Å². The topological polar surface area (TPSA) is 58.1 Å². The zero-order chi connectivity index (χ0) is 15.0. The molecule has 20 heavy (non-hydrogen) atoms. The van der Waals surface area contributed by atoms with E-state index in [4.69, 9.17) is 11.6 Å². The van der Waals surface area contributed by atoms with Crippen LogP contribution < -0.4 is 5.32 Å². The maximum atomic E-state index is 11.9. The zero-order valence-electron chi connectivity index (χ0n) is 12.4. The number of hydrogen-bond donors (Lipinski definition) is 1. The summed E-state index contributed by atoms with van der Waals surface area (Å²) in [7, 11) is 0. The number of amides is 1. The number of carbonyl (C=O) groups excluding carboxylic acids is 1. The summed E-state index contributed by atoms with van der Waals surface area (Å²) < 4.78 is 0. The second-order valence-corrected chi connectivity index (χ2v) is 5.16. The average Bonchev–Trinajstić information content (AvgIpc) is 2.44. The lowest BCUT2D eigenvalue weighted by Crippen LogP contribution is -2.34. The highest BCUT2D eigenvalue weighted by molar-refractivity contribution is 6.29. The molecule has 1 N–H and O–H groups in total. The van der Waals surface area contributed by atoms with Crippen molar-refractivity contribution >= 4 is 17.5 Å². The molecule has 1 aromatic heterocycles. The van der Waals surface area contributed by atoms with Crippen LogP contribution in [0.1, 0.15) is 44.1 Å². The molecular formula is C14H23ClN4O. The summed E-state index contributed by atoms with van der Waals surface area (Å²) in [4.78, 5) is 22.1. The molecule has 1 rings (SSSR count). The largest absolute Gasteiger partial charge is 0.348 e. The monoisotopic (exact) mass is 298 g/mol. The summed E-state index contributed by atoms with van der Waals surface area (Å²) in [5.74, 6) is -0.204.